The summed E-state index contributed by atoms with van der Waals surface area (Å²) in [4.78, 5) is 2.06. The van der Waals surface area contributed by atoms with Crippen LogP contribution in [0.25, 0.3) is 5.69 Å². The SMILES string of the molecule is OC[C@@H]1COCCN(c2nnnn2-c2ccccc2)C1. The molecule has 1 aliphatic rings. The maximum atomic E-state index is 9.35. The first-order valence-corrected chi connectivity index (χ1v) is 6.66. The molecule has 0 saturated carbocycles. The molecule has 1 atom stereocenters. The summed E-state index contributed by atoms with van der Waals surface area (Å²) in [6.45, 7) is 2.68. The zero-order valence-electron chi connectivity index (χ0n) is 11.1. The Hall–Kier alpha value is -1.99. The molecule has 0 aliphatic carbocycles. The molecule has 106 valence electrons. The Balaban J connectivity index is 1.89. The number of para-hydroxylation sites is 1. The lowest BCUT2D eigenvalue weighted by atomic mass is 10.2. The van der Waals surface area contributed by atoms with E-state index in [-0.39, 0.29) is 12.5 Å². The van der Waals surface area contributed by atoms with Gasteiger partial charge in [0, 0.05) is 25.6 Å². The average Bonchev–Trinajstić information content (AvgIpc) is 2.87. The lowest BCUT2D eigenvalue weighted by Gasteiger charge is -2.22. The number of hydrogen-bond acceptors (Lipinski definition) is 6. The molecule has 20 heavy (non-hydrogen) atoms. The highest BCUT2D eigenvalue weighted by atomic mass is 16.5. The molecule has 2 aromatic rings. The summed E-state index contributed by atoms with van der Waals surface area (Å²) in [6, 6.07) is 9.76. The number of aliphatic hydroxyl groups excluding tert-OH is 1. The molecule has 2 heterocycles. The molecule has 1 N–H and O–H groups in total. The Bertz CT molecular complexity index is 545. The van der Waals surface area contributed by atoms with Gasteiger partial charge in [-0.2, -0.15) is 4.68 Å². The highest BCUT2D eigenvalue weighted by Gasteiger charge is 2.22. The lowest BCUT2D eigenvalue weighted by Crippen LogP contribution is -2.33. The van der Waals surface area contributed by atoms with Crippen LogP contribution in [0.2, 0.25) is 0 Å². The van der Waals surface area contributed by atoms with E-state index in [0.717, 1.165) is 5.69 Å². The predicted octanol–water partition coefficient (Wildman–Crippen LogP) is 0.107. The highest BCUT2D eigenvalue weighted by Crippen LogP contribution is 2.18. The van der Waals surface area contributed by atoms with E-state index in [1.807, 2.05) is 30.3 Å². The van der Waals surface area contributed by atoms with Gasteiger partial charge in [0.1, 0.15) is 0 Å². The summed E-state index contributed by atoms with van der Waals surface area (Å²) >= 11 is 0. The molecule has 1 aromatic carbocycles. The molecule has 0 radical (unpaired) electrons. The smallest absolute Gasteiger partial charge is 0.250 e. The van der Waals surface area contributed by atoms with E-state index in [4.69, 9.17) is 4.74 Å². The lowest BCUT2D eigenvalue weighted by molar-refractivity contribution is 0.0959. The number of aromatic nitrogens is 4. The molecular weight excluding hydrogens is 258 g/mol. The van der Waals surface area contributed by atoms with Gasteiger partial charge in [0.2, 0.25) is 5.95 Å². The van der Waals surface area contributed by atoms with Crippen LogP contribution >= 0.6 is 0 Å². The Labute approximate surface area is 116 Å². The third-order valence-electron chi connectivity index (χ3n) is 3.33. The Morgan fingerprint density at radius 1 is 1.30 bits per heavy atom. The van der Waals surface area contributed by atoms with E-state index < -0.39 is 0 Å². The minimum atomic E-state index is 0.0819. The van der Waals surface area contributed by atoms with E-state index >= 15 is 0 Å². The van der Waals surface area contributed by atoms with Crippen LogP contribution in [0.5, 0.6) is 0 Å². The first-order valence-electron chi connectivity index (χ1n) is 6.66. The van der Waals surface area contributed by atoms with Crippen LogP contribution in [0.1, 0.15) is 0 Å². The first-order chi connectivity index (χ1) is 9.88. The van der Waals surface area contributed by atoms with E-state index in [2.05, 4.69) is 20.4 Å². The minimum absolute atomic E-state index is 0.0819. The second-order valence-electron chi connectivity index (χ2n) is 4.80. The van der Waals surface area contributed by atoms with Crippen molar-refractivity contribution >= 4 is 5.95 Å². The van der Waals surface area contributed by atoms with Crippen LogP contribution in [0.4, 0.5) is 5.95 Å². The third-order valence-corrected chi connectivity index (χ3v) is 3.33. The van der Waals surface area contributed by atoms with Gasteiger partial charge in [0.25, 0.3) is 0 Å². The van der Waals surface area contributed by atoms with E-state index in [1.54, 1.807) is 4.68 Å². The quantitative estimate of drug-likeness (QED) is 0.856. The standard InChI is InChI=1S/C13H17N5O2/c19-9-11-8-17(6-7-20-10-11)13-14-15-16-18(13)12-4-2-1-3-5-12/h1-5,11,19H,6-10H2/t11-/m1/s1. The molecule has 1 aliphatic heterocycles. The van der Waals surface area contributed by atoms with Crippen LogP contribution in [0.3, 0.4) is 0 Å². The molecule has 0 unspecified atom stereocenters. The van der Waals surface area contributed by atoms with Gasteiger partial charge < -0.3 is 14.7 Å². The highest BCUT2D eigenvalue weighted by molar-refractivity contribution is 5.40. The fourth-order valence-electron chi connectivity index (χ4n) is 2.29. The Morgan fingerprint density at radius 3 is 2.95 bits per heavy atom. The van der Waals surface area contributed by atoms with Crippen molar-refractivity contribution in [3.05, 3.63) is 30.3 Å². The molecule has 7 nitrogen and oxygen atoms in total. The maximum Gasteiger partial charge on any atom is 0.250 e. The fraction of sp³-hybridized carbons (Fsp3) is 0.462. The van der Waals surface area contributed by atoms with Crippen molar-refractivity contribution in [3.8, 4) is 5.69 Å². The Kier molecular flexibility index (Phi) is 3.89. The van der Waals surface area contributed by atoms with Gasteiger partial charge in [-0.05, 0) is 22.6 Å². The molecule has 0 spiro atoms. The topological polar surface area (TPSA) is 76.3 Å². The monoisotopic (exact) mass is 275 g/mol. The number of hydrogen-bond donors (Lipinski definition) is 1. The van der Waals surface area contributed by atoms with E-state index in [1.165, 1.54) is 0 Å². The maximum absolute atomic E-state index is 9.35. The second-order valence-corrected chi connectivity index (χ2v) is 4.80. The summed E-state index contributed by atoms with van der Waals surface area (Å²) in [5, 5.41) is 21.3. The first kappa shape index (κ1) is 13.0. The minimum Gasteiger partial charge on any atom is -0.396 e. The van der Waals surface area contributed by atoms with Crippen LogP contribution in [-0.2, 0) is 4.74 Å². The van der Waals surface area contributed by atoms with Crippen LogP contribution in [0, 0.1) is 5.92 Å². The molecule has 1 fully saturated rings. The molecule has 3 rings (SSSR count). The number of aliphatic hydroxyl groups is 1. The fourth-order valence-corrected chi connectivity index (χ4v) is 2.29. The summed E-state index contributed by atoms with van der Waals surface area (Å²) in [6.07, 6.45) is 0. The van der Waals surface area contributed by atoms with Gasteiger partial charge in [0.05, 0.1) is 18.9 Å². The average molecular weight is 275 g/mol. The van der Waals surface area contributed by atoms with Crippen LogP contribution < -0.4 is 4.90 Å². The molecule has 0 bridgehead atoms. The van der Waals surface area contributed by atoms with Gasteiger partial charge in [0.15, 0.2) is 0 Å². The van der Waals surface area contributed by atoms with Crippen LogP contribution in [0.15, 0.2) is 30.3 Å². The number of benzene rings is 1. The van der Waals surface area contributed by atoms with Gasteiger partial charge in [-0.15, -0.1) is 0 Å². The van der Waals surface area contributed by atoms with Crippen molar-refractivity contribution in [1.29, 1.82) is 0 Å². The largest absolute Gasteiger partial charge is 0.396 e. The number of anilines is 1. The molecular formula is C13H17N5O2. The number of rotatable bonds is 3. The zero-order chi connectivity index (χ0) is 13.8. The third kappa shape index (κ3) is 2.63. The second kappa shape index (κ2) is 5.98. The predicted molar refractivity (Wildman–Crippen MR) is 72.8 cm³/mol. The van der Waals surface area contributed by atoms with Gasteiger partial charge in [-0.1, -0.05) is 23.3 Å². The summed E-state index contributed by atoms with van der Waals surface area (Å²) in [7, 11) is 0. The van der Waals surface area contributed by atoms with Crippen molar-refractivity contribution in [1.82, 2.24) is 20.2 Å². The van der Waals surface area contributed by atoms with Gasteiger partial charge in [-0.25, -0.2) is 0 Å². The molecule has 1 saturated heterocycles. The van der Waals surface area contributed by atoms with Crippen molar-refractivity contribution in [2.45, 2.75) is 0 Å². The molecule has 7 heteroatoms. The molecule has 0 amide bonds. The Morgan fingerprint density at radius 2 is 2.15 bits per heavy atom. The zero-order valence-corrected chi connectivity index (χ0v) is 11.1. The van der Waals surface area contributed by atoms with E-state index in [9.17, 15) is 5.11 Å². The number of ether oxygens (including phenoxy) is 1. The van der Waals surface area contributed by atoms with Crippen molar-refractivity contribution in [2.24, 2.45) is 5.92 Å². The normalized spacial score (nSPS) is 19.9. The van der Waals surface area contributed by atoms with Gasteiger partial charge >= 0.3 is 0 Å². The van der Waals surface area contributed by atoms with Crippen molar-refractivity contribution < 1.29 is 9.84 Å². The van der Waals surface area contributed by atoms with Crippen molar-refractivity contribution in [3.63, 3.8) is 0 Å². The summed E-state index contributed by atoms with van der Waals surface area (Å²) in [5.41, 5.74) is 0.915. The van der Waals surface area contributed by atoms with Gasteiger partial charge in [-0.3, -0.25) is 0 Å². The van der Waals surface area contributed by atoms with Crippen molar-refractivity contribution in [2.75, 3.05) is 37.8 Å². The van der Waals surface area contributed by atoms with E-state index in [0.29, 0.717) is 32.3 Å². The number of nitrogens with zero attached hydrogens (tertiary/aromatic N) is 5. The summed E-state index contributed by atoms with van der Waals surface area (Å²) < 4.78 is 7.20. The summed E-state index contributed by atoms with van der Waals surface area (Å²) in [5.74, 6) is 0.763. The number of tetrazole rings is 1. The molecule has 1 aromatic heterocycles. The van der Waals surface area contributed by atoms with Crippen LogP contribution in [-0.4, -0.2) is 58.2 Å².